The Bertz CT molecular complexity index is 2430. The van der Waals surface area contributed by atoms with Gasteiger partial charge in [-0.15, -0.1) is 0 Å². The molecule has 0 aliphatic rings. The maximum absolute atomic E-state index is 12.2. The molecule has 358 valence electrons. The largest absolute Gasteiger partial charge is 0.398 e. The van der Waals surface area contributed by atoms with Crippen LogP contribution < -0.4 is 11.1 Å². The Labute approximate surface area is 429 Å². The number of para-hydroxylation sites is 2. The number of carbonyl (C=O) groups is 2. The van der Waals surface area contributed by atoms with Crippen molar-refractivity contribution in [2.45, 2.75) is 156 Å². The summed E-state index contributed by atoms with van der Waals surface area (Å²) in [6.07, 6.45) is 24.1. The van der Waals surface area contributed by atoms with E-state index in [9.17, 15) is 9.59 Å². The standard InChI is InChI=1S/C22H32N2O.C12H23ClO.C10H10N2.S13/c1-3-4-5-6-7-8-9-10-11-16-22(25)24-21-17-18(2)23-20-15-13-12-14-19(20)21;1-2-3-4-5-6-7-8-9-10-11-12(13)14;1-7-6-9(11)8-4-2-3-5-10(8)12-7;1-3-5-7-9-11-13-12-10-8-6-4-2/h12-15,17H,3-11,16H2,1-2H3,(H,23,24,25);2-11H2,1H3;2-6H,1H3,(H2,11,12);. The minimum absolute atomic E-state index is 0.110. The van der Waals surface area contributed by atoms with Crippen molar-refractivity contribution in [3.05, 3.63) is 72.1 Å². The summed E-state index contributed by atoms with van der Waals surface area (Å²) < 4.78 is 0. The van der Waals surface area contributed by atoms with Crippen LogP contribution in [0.15, 0.2) is 60.7 Å². The number of benzene rings is 2. The quantitative estimate of drug-likeness (QED) is 0.0633. The highest BCUT2D eigenvalue weighted by molar-refractivity contribution is 8.75. The fourth-order valence-corrected chi connectivity index (χ4v) is 31.1. The summed E-state index contributed by atoms with van der Waals surface area (Å²) in [7, 11) is 18.1. The number of fused-ring (bicyclic) bond motifs is 2. The van der Waals surface area contributed by atoms with Crippen LogP contribution in [0.4, 0.5) is 11.4 Å². The minimum atomic E-state index is -0.187. The Morgan fingerprint density at radius 1 is 0.547 bits per heavy atom. The molecule has 0 fully saturated rings. The number of pyridine rings is 2. The van der Waals surface area contributed by atoms with Crippen molar-refractivity contribution >= 4 is 176 Å². The van der Waals surface area contributed by atoms with Gasteiger partial charge in [0.2, 0.25) is 11.1 Å². The van der Waals surface area contributed by atoms with Crippen LogP contribution >= 0.6 is 11.6 Å². The SMILES string of the molecule is CCCCCCCCCCCC(=O)Cl.CCCCCCCCCCCC(=O)Nc1cc(C)nc2ccccc12.Cc1cc(N)c2ccccc2n1.S=S=S=S=S=S=S=S=S=S=S=S=S. The average Bonchev–Trinajstić information content (AvgIpc) is 3.28. The molecule has 0 atom stereocenters. The first-order valence-corrected chi connectivity index (χ1v) is 38.1. The van der Waals surface area contributed by atoms with Crippen LogP contribution in [-0.4, -0.2) is 21.1 Å². The molecule has 0 saturated carbocycles. The number of nitrogens with two attached hydrogens (primary N) is 1. The Kier molecular flexibility index (Phi) is 41.8. The highest BCUT2D eigenvalue weighted by Crippen LogP contribution is 2.23. The highest BCUT2D eigenvalue weighted by Gasteiger charge is 2.08. The summed E-state index contributed by atoms with van der Waals surface area (Å²) >= 11 is 14.6. The van der Waals surface area contributed by atoms with Gasteiger partial charge in [-0.3, -0.25) is 19.6 Å². The molecule has 2 heterocycles. The van der Waals surface area contributed by atoms with Crippen molar-refractivity contribution in [1.29, 1.82) is 0 Å². The van der Waals surface area contributed by atoms with E-state index >= 15 is 0 Å². The van der Waals surface area contributed by atoms with E-state index in [0.29, 0.717) is 12.8 Å². The van der Waals surface area contributed by atoms with Crippen LogP contribution in [0.2, 0.25) is 0 Å². The molecule has 0 unspecified atom stereocenters. The monoisotopic (exact) mass is 1130 g/mol. The number of unbranched alkanes of at least 4 members (excludes halogenated alkanes) is 16. The van der Waals surface area contributed by atoms with Gasteiger partial charge >= 0.3 is 0 Å². The van der Waals surface area contributed by atoms with E-state index in [1.165, 1.54) is 108 Å². The molecule has 64 heavy (non-hydrogen) atoms. The molecule has 2 aromatic carbocycles. The number of nitrogens with one attached hydrogen (secondary N) is 1. The summed E-state index contributed by atoms with van der Waals surface area (Å²) in [4.78, 5) is 31.5. The maximum atomic E-state index is 12.2. The zero-order valence-electron chi connectivity index (χ0n) is 37.4. The van der Waals surface area contributed by atoms with Gasteiger partial charge in [0.15, 0.2) is 0 Å². The van der Waals surface area contributed by atoms with Gasteiger partial charge in [-0.1, -0.05) is 153 Å². The Balaban J connectivity index is 0.000000452. The number of carbonyl (C=O) groups excluding carboxylic acids is 2. The van der Waals surface area contributed by atoms with Crippen molar-refractivity contribution in [2.24, 2.45) is 0 Å². The molecule has 3 N–H and O–H groups in total. The zero-order chi connectivity index (χ0) is 46.9. The molecule has 4 rings (SSSR count). The van der Waals surface area contributed by atoms with E-state index in [1.54, 1.807) is 79.9 Å². The molecular weight excluding hydrogens is 1070 g/mol. The maximum Gasteiger partial charge on any atom is 0.224 e. The van der Waals surface area contributed by atoms with Crippen molar-refractivity contribution < 1.29 is 9.59 Å². The summed E-state index contributed by atoms with van der Waals surface area (Å²) in [5, 5.41) is 4.92. The number of nitrogens with zero attached hydrogens (tertiary/aromatic N) is 2. The molecule has 0 saturated heterocycles. The van der Waals surface area contributed by atoms with Crippen molar-refractivity contribution in [3.63, 3.8) is 0 Å². The lowest BCUT2D eigenvalue weighted by atomic mass is 10.1. The molecular formula is C44H65ClN4O2S13. The van der Waals surface area contributed by atoms with Crippen LogP contribution in [0.25, 0.3) is 21.8 Å². The summed E-state index contributed by atoms with van der Waals surface area (Å²) in [6, 6.07) is 19.7. The van der Waals surface area contributed by atoms with E-state index in [-0.39, 0.29) is 11.1 Å². The molecule has 0 spiro atoms. The molecule has 6 nitrogen and oxygen atoms in total. The number of anilines is 2. The number of nitrogen functional groups attached to an aromatic ring is 1. The van der Waals surface area contributed by atoms with Gasteiger partial charge in [0, 0.05) is 161 Å². The number of halogens is 1. The van der Waals surface area contributed by atoms with Gasteiger partial charge in [0.25, 0.3) is 0 Å². The first kappa shape index (κ1) is 61.4. The van der Waals surface area contributed by atoms with E-state index in [4.69, 9.17) is 39.7 Å². The smallest absolute Gasteiger partial charge is 0.224 e. The third-order valence-electron chi connectivity index (χ3n) is 9.26. The molecule has 1 amide bonds. The number of hydrogen-bond acceptors (Lipinski definition) is 7. The Morgan fingerprint density at radius 3 is 1.38 bits per heavy atom. The normalized spacial score (nSPS) is 9.95. The number of amides is 1. The van der Waals surface area contributed by atoms with Gasteiger partial charge < -0.3 is 11.1 Å². The number of hydrogen-bond donors (Lipinski definition) is 2. The van der Waals surface area contributed by atoms with Gasteiger partial charge in [-0.2, -0.15) is 0 Å². The minimum Gasteiger partial charge on any atom is -0.398 e. The van der Waals surface area contributed by atoms with Gasteiger partial charge in [0.1, 0.15) is 0 Å². The van der Waals surface area contributed by atoms with E-state index in [1.807, 2.05) is 74.5 Å². The van der Waals surface area contributed by atoms with Crippen LogP contribution in [-0.2, 0) is 130 Å². The van der Waals surface area contributed by atoms with Gasteiger partial charge in [-0.05, 0) is 62.6 Å². The predicted octanol–water partition coefficient (Wildman–Crippen LogP) is 13.2. The lowest BCUT2D eigenvalue weighted by molar-refractivity contribution is -0.116. The van der Waals surface area contributed by atoms with E-state index in [0.717, 1.165) is 70.3 Å². The second kappa shape index (κ2) is 43.6. The van der Waals surface area contributed by atoms with Crippen LogP contribution in [0, 0.1) is 13.8 Å². The fraction of sp³-hybridized carbons (Fsp3) is 0.545. The van der Waals surface area contributed by atoms with Gasteiger partial charge in [-0.25, -0.2) is 0 Å². The van der Waals surface area contributed by atoms with Crippen LogP contribution in [0.1, 0.15) is 154 Å². The molecule has 20 heteroatoms. The number of rotatable bonds is 21. The lowest BCUT2D eigenvalue weighted by Crippen LogP contribution is -2.11. The summed E-state index contributed by atoms with van der Waals surface area (Å²) in [5.74, 6) is 0.110. The van der Waals surface area contributed by atoms with Crippen LogP contribution in [0.5, 0.6) is 0 Å². The third kappa shape index (κ3) is 33.8. The second-order valence-electron chi connectivity index (χ2n) is 14.5. The third-order valence-corrected chi connectivity index (χ3v) is 31.7. The zero-order valence-corrected chi connectivity index (χ0v) is 48.8. The van der Waals surface area contributed by atoms with E-state index in [2.05, 4.69) is 29.1 Å². The van der Waals surface area contributed by atoms with Crippen molar-refractivity contribution in [1.82, 2.24) is 9.97 Å². The van der Waals surface area contributed by atoms with Gasteiger partial charge in [0.05, 0.1) is 16.7 Å². The summed E-state index contributed by atoms with van der Waals surface area (Å²) in [6.45, 7) is 8.40. The molecule has 0 bridgehead atoms. The predicted molar refractivity (Wildman–Crippen MR) is 316 cm³/mol. The number of aryl methyl sites for hydroxylation is 2. The molecule has 0 aliphatic heterocycles. The first-order chi connectivity index (χ1) is 31.2. The van der Waals surface area contributed by atoms with E-state index < -0.39 is 0 Å². The van der Waals surface area contributed by atoms with Crippen molar-refractivity contribution in [2.75, 3.05) is 11.1 Å². The topological polar surface area (TPSA) is 98.0 Å². The Hall–Kier alpha value is -0.650. The molecule has 2 aromatic heterocycles. The highest BCUT2D eigenvalue weighted by atomic mass is 35.5. The second-order valence-corrected chi connectivity index (χ2v) is 34.4. The van der Waals surface area contributed by atoms with Crippen molar-refractivity contribution in [3.8, 4) is 0 Å². The molecule has 0 aliphatic carbocycles. The molecule has 0 radical (unpaired) electrons. The number of aromatic nitrogens is 2. The fourth-order valence-electron chi connectivity index (χ4n) is 6.24. The lowest BCUT2D eigenvalue weighted by Gasteiger charge is -2.10. The molecule has 4 aromatic rings. The average molecular weight is 1130 g/mol. The Morgan fingerprint density at radius 2 is 0.922 bits per heavy atom. The first-order valence-electron chi connectivity index (χ1n) is 21.7. The summed E-state index contributed by atoms with van der Waals surface area (Å²) in [5.41, 5.74) is 11.3. The van der Waals surface area contributed by atoms with Crippen LogP contribution in [0.3, 0.4) is 0 Å².